The average Bonchev–Trinajstić information content (AvgIpc) is 2.49. The van der Waals surface area contributed by atoms with E-state index in [1.807, 2.05) is 24.3 Å². The molecule has 0 heterocycles. The van der Waals surface area contributed by atoms with Crippen molar-refractivity contribution >= 4 is 0 Å². The SMILES string of the molecule is CC(c1ccc(OC#N)cc1)c1ccc(OC#N)cc1. The van der Waals surface area contributed by atoms with Gasteiger partial charge in [0.05, 0.1) is 0 Å². The zero-order valence-electron chi connectivity index (χ0n) is 10.9. The summed E-state index contributed by atoms with van der Waals surface area (Å²) in [6, 6.07) is 14.8. The van der Waals surface area contributed by atoms with Gasteiger partial charge in [0.15, 0.2) is 0 Å². The molecule has 0 aliphatic rings. The molecular formula is C16H12N2O2. The van der Waals surface area contributed by atoms with Gasteiger partial charge in [-0.15, -0.1) is 10.5 Å². The number of rotatable bonds is 4. The number of benzene rings is 2. The third-order valence-electron chi connectivity index (χ3n) is 3.09. The minimum absolute atomic E-state index is 0.197. The highest BCUT2D eigenvalue weighted by atomic mass is 16.5. The third-order valence-corrected chi connectivity index (χ3v) is 3.09. The Morgan fingerprint density at radius 1 is 0.750 bits per heavy atom. The van der Waals surface area contributed by atoms with Gasteiger partial charge in [-0.1, -0.05) is 31.2 Å². The van der Waals surface area contributed by atoms with E-state index >= 15 is 0 Å². The van der Waals surface area contributed by atoms with Crippen molar-refractivity contribution in [2.45, 2.75) is 12.8 Å². The Morgan fingerprint density at radius 3 is 1.40 bits per heavy atom. The van der Waals surface area contributed by atoms with Gasteiger partial charge in [-0.2, -0.15) is 0 Å². The second-order valence-electron chi connectivity index (χ2n) is 4.25. The van der Waals surface area contributed by atoms with Gasteiger partial charge in [-0.25, -0.2) is 0 Å². The van der Waals surface area contributed by atoms with Crippen LogP contribution in [0, 0.1) is 23.0 Å². The molecule has 4 nitrogen and oxygen atoms in total. The predicted molar refractivity (Wildman–Crippen MR) is 72.9 cm³/mol. The van der Waals surface area contributed by atoms with Gasteiger partial charge in [0, 0.05) is 5.92 Å². The van der Waals surface area contributed by atoms with E-state index in [2.05, 4.69) is 6.92 Å². The molecule has 2 aromatic carbocycles. The monoisotopic (exact) mass is 264 g/mol. The van der Waals surface area contributed by atoms with Crippen molar-refractivity contribution in [1.29, 1.82) is 10.5 Å². The molecule has 20 heavy (non-hydrogen) atoms. The van der Waals surface area contributed by atoms with Crippen molar-refractivity contribution in [1.82, 2.24) is 0 Å². The molecule has 2 rings (SSSR count). The molecule has 0 N–H and O–H groups in total. The molecule has 0 amide bonds. The van der Waals surface area contributed by atoms with E-state index < -0.39 is 0 Å². The molecule has 0 saturated heterocycles. The van der Waals surface area contributed by atoms with Gasteiger partial charge in [-0.3, -0.25) is 0 Å². The van der Waals surface area contributed by atoms with E-state index in [1.165, 1.54) is 0 Å². The van der Waals surface area contributed by atoms with Gasteiger partial charge < -0.3 is 9.47 Å². The van der Waals surface area contributed by atoms with Crippen LogP contribution in [0.4, 0.5) is 0 Å². The Kier molecular flexibility index (Phi) is 4.21. The maximum Gasteiger partial charge on any atom is 0.292 e. The van der Waals surface area contributed by atoms with Crippen LogP contribution in [0.2, 0.25) is 0 Å². The summed E-state index contributed by atoms with van der Waals surface area (Å²) >= 11 is 0. The zero-order chi connectivity index (χ0) is 14.4. The van der Waals surface area contributed by atoms with Crippen LogP contribution in [0.15, 0.2) is 48.5 Å². The summed E-state index contributed by atoms with van der Waals surface area (Å²) in [6.07, 6.45) is 3.28. The molecule has 0 fully saturated rings. The highest BCUT2D eigenvalue weighted by Crippen LogP contribution is 2.27. The molecule has 0 aliphatic heterocycles. The number of hydrogen-bond donors (Lipinski definition) is 0. The fourth-order valence-electron chi connectivity index (χ4n) is 1.95. The summed E-state index contributed by atoms with van der Waals surface area (Å²) in [6.45, 7) is 2.08. The van der Waals surface area contributed by atoms with Gasteiger partial charge >= 0.3 is 0 Å². The normalized spacial score (nSPS) is 9.60. The number of ether oxygens (including phenoxy) is 2. The van der Waals surface area contributed by atoms with Crippen molar-refractivity contribution in [3.05, 3.63) is 59.7 Å². The Bertz CT molecular complexity index is 589. The van der Waals surface area contributed by atoms with Crippen LogP contribution in [0.1, 0.15) is 24.0 Å². The molecule has 2 aromatic rings. The summed E-state index contributed by atoms with van der Waals surface area (Å²) < 4.78 is 9.49. The molecule has 0 bridgehead atoms. The summed E-state index contributed by atoms with van der Waals surface area (Å²) in [5.41, 5.74) is 2.23. The van der Waals surface area contributed by atoms with Gasteiger partial charge in [-0.05, 0) is 35.4 Å². The quantitative estimate of drug-likeness (QED) is 0.792. The molecule has 0 aliphatic carbocycles. The lowest BCUT2D eigenvalue weighted by molar-refractivity contribution is 0.507. The number of nitrogens with zero attached hydrogens (tertiary/aromatic N) is 2. The third kappa shape index (κ3) is 3.07. The standard InChI is InChI=1S/C16H12N2O2/c1-12(13-2-6-15(7-3-13)19-10-17)14-4-8-16(9-5-14)20-11-18/h2-9,12H,1H3. The van der Waals surface area contributed by atoms with Gasteiger partial charge in [0.1, 0.15) is 11.5 Å². The first-order valence-electron chi connectivity index (χ1n) is 6.06. The van der Waals surface area contributed by atoms with Crippen LogP contribution in [0.25, 0.3) is 0 Å². The Balaban J connectivity index is 2.16. The first kappa shape index (κ1) is 13.5. The molecule has 0 aromatic heterocycles. The van der Waals surface area contributed by atoms with Crippen molar-refractivity contribution < 1.29 is 9.47 Å². The van der Waals surface area contributed by atoms with Crippen LogP contribution < -0.4 is 9.47 Å². The average molecular weight is 264 g/mol. The summed E-state index contributed by atoms with van der Waals surface area (Å²) in [7, 11) is 0. The lowest BCUT2D eigenvalue weighted by atomic mass is 9.93. The number of nitriles is 2. The van der Waals surface area contributed by atoms with E-state index in [4.69, 9.17) is 20.0 Å². The maximum absolute atomic E-state index is 8.44. The zero-order valence-corrected chi connectivity index (χ0v) is 10.9. The summed E-state index contributed by atoms with van der Waals surface area (Å²) in [4.78, 5) is 0. The lowest BCUT2D eigenvalue weighted by Gasteiger charge is -2.13. The molecular weight excluding hydrogens is 252 g/mol. The van der Waals surface area contributed by atoms with Crippen LogP contribution in [-0.4, -0.2) is 0 Å². The molecule has 0 unspecified atom stereocenters. The fourth-order valence-corrected chi connectivity index (χ4v) is 1.95. The topological polar surface area (TPSA) is 66.0 Å². The highest BCUT2D eigenvalue weighted by molar-refractivity contribution is 5.38. The van der Waals surface area contributed by atoms with E-state index in [1.54, 1.807) is 36.8 Å². The summed E-state index contributed by atoms with van der Waals surface area (Å²) in [5.74, 6) is 1.25. The van der Waals surface area contributed by atoms with Crippen LogP contribution >= 0.6 is 0 Å². The molecule has 98 valence electrons. The van der Waals surface area contributed by atoms with Gasteiger partial charge in [0.25, 0.3) is 12.5 Å². The molecule has 0 saturated carbocycles. The Hall–Kier alpha value is -2.98. The minimum Gasteiger partial charge on any atom is -0.388 e. The van der Waals surface area contributed by atoms with Crippen molar-refractivity contribution in [3.63, 3.8) is 0 Å². The minimum atomic E-state index is 0.197. The second kappa shape index (κ2) is 6.26. The fraction of sp³-hybridized carbons (Fsp3) is 0.125. The Labute approximate surface area is 117 Å². The van der Waals surface area contributed by atoms with E-state index in [9.17, 15) is 0 Å². The largest absolute Gasteiger partial charge is 0.388 e. The molecule has 0 atom stereocenters. The molecule has 4 heteroatoms. The van der Waals surface area contributed by atoms with Crippen molar-refractivity contribution in [2.24, 2.45) is 0 Å². The van der Waals surface area contributed by atoms with Crippen molar-refractivity contribution in [2.75, 3.05) is 0 Å². The van der Waals surface area contributed by atoms with E-state index in [-0.39, 0.29) is 5.92 Å². The smallest absolute Gasteiger partial charge is 0.292 e. The maximum atomic E-state index is 8.44. The van der Waals surface area contributed by atoms with E-state index in [0.717, 1.165) is 11.1 Å². The van der Waals surface area contributed by atoms with E-state index in [0.29, 0.717) is 11.5 Å². The van der Waals surface area contributed by atoms with Gasteiger partial charge in [0.2, 0.25) is 0 Å². The molecule has 0 spiro atoms. The summed E-state index contributed by atoms with van der Waals surface area (Å²) in [5, 5.41) is 16.9. The first-order valence-corrected chi connectivity index (χ1v) is 6.06. The first-order chi connectivity index (χ1) is 9.74. The lowest BCUT2D eigenvalue weighted by Crippen LogP contribution is -1.96. The highest BCUT2D eigenvalue weighted by Gasteiger charge is 2.09. The van der Waals surface area contributed by atoms with Crippen LogP contribution in [-0.2, 0) is 0 Å². The Morgan fingerprint density at radius 2 is 1.10 bits per heavy atom. The second-order valence-corrected chi connectivity index (χ2v) is 4.25. The van der Waals surface area contributed by atoms with Crippen molar-refractivity contribution in [3.8, 4) is 24.0 Å². The number of hydrogen-bond acceptors (Lipinski definition) is 4. The van der Waals surface area contributed by atoms with Crippen LogP contribution in [0.5, 0.6) is 11.5 Å². The predicted octanol–water partition coefficient (Wildman–Crippen LogP) is 3.56. The molecule has 0 radical (unpaired) electrons. The van der Waals surface area contributed by atoms with Crippen LogP contribution in [0.3, 0.4) is 0 Å².